The first-order chi connectivity index (χ1) is 9.27. The second-order valence-corrected chi connectivity index (χ2v) is 4.58. The lowest BCUT2D eigenvalue weighted by atomic mass is 9.94. The molecule has 1 heterocycles. The van der Waals surface area contributed by atoms with Crippen LogP contribution in [-0.2, 0) is 9.59 Å². The molecule has 1 aliphatic heterocycles. The number of carbonyl (C=O) groups is 2. The average molecular weight is 251 g/mol. The van der Waals surface area contributed by atoms with Gasteiger partial charge in [0.05, 0.1) is 12.6 Å². The number of hydrogen-bond acceptors (Lipinski definition) is 2. The highest BCUT2D eigenvalue weighted by Crippen LogP contribution is 2.31. The molecular formula is C16H13NO2. The largest absolute Gasteiger partial charge is 0.317 e. The van der Waals surface area contributed by atoms with Crippen molar-refractivity contribution in [2.24, 2.45) is 0 Å². The summed E-state index contributed by atoms with van der Waals surface area (Å²) >= 11 is 0. The molecule has 1 fully saturated rings. The van der Waals surface area contributed by atoms with Gasteiger partial charge < -0.3 is 4.90 Å². The lowest BCUT2D eigenvalue weighted by Crippen LogP contribution is -2.54. The van der Waals surface area contributed by atoms with Gasteiger partial charge >= 0.3 is 0 Å². The normalized spacial score (nSPS) is 14.7. The molecule has 0 atom stereocenters. The Bertz CT molecular complexity index is 568. The fourth-order valence-electron chi connectivity index (χ4n) is 2.39. The molecule has 2 aromatic rings. The second-order valence-electron chi connectivity index (χ2n) is 4.58. The van der Waals surface area contributed by atoms with E-state index in [0.29, 0.717) is 0 Å². The van der Waals surface area contributed by atoms with Gasteiger partial charge in [-0.3, -0.25) is 9.59 Å². The smallest absolute Gasteiger partial charge is 0.293 e. The zero-order valence-corrected chi connectivity index (χ0v) is 10.3. The Kier molecular flexibility index (Phi) is 2.88. The van der Waals surface area contributed by atoms with Crippen molar-refractivity contribution in [3.05, 3.63) is 71.8 Å². The molecule has 0 aromatic heterocycles. The Hall–Kier alpha value is -2.42. The van der Waals surface area contributed by atoms with E-state index in [1.165, 1.54) is 0 Å². The summed E-state index contributed by atoms with van der Waals surface area (Å²) in [6.07, 6.45) is 0. The van der Waals surface area contributed by atoms with Crippen molar-refractivity contribution in [2.75, 3.05) is 6.54 Å². The van der Waals surface area contributed by atoms with Crippen LogP contribution in [0, 0.1) is 0 Å². The summed E-state index contributed by atoms with van der Waals surface area (Å²) in [7, 11) is 0. The van der Waals surface area contributed by atoms with Crippen LogP contribution in [0.5, 0.6) is 0 Å². The van der Waals surface area contributed by atoms with Gasteiger partial charge in [-0.1, -0.05) is 60.7 Å². The van der Waals surface area contributed by atoms with Crippen molar-refractivity contribution in [1.29, 1.82) is 0 Å². The second kappa shape index (κ2) is 4.69. The maximum Gasteiger partial charge on any atom is 0.293 e. The van der Waals surface area contributed by atoms with Gasteiger partial charge in [0.2, 0.25) is 5.78 Å². The predicted molar refractivity (Wildman–Crippen MR) is 71.4 cm³/mol. The topological polar surface area (TPSA) is 37.4 Å². The van der Waals surface area contributed by atoms with Crippen LogP contribution in [-0.4, -0.2) is 23.1 Å². The third-order valence-corrected chi connectivity index (χ3v) is 3.36. The first-order valence-electron chi connectivity index (χ1n) is 6.21. The molecule has 1 amide bonds. The van der Waals surface area contributed by atoms with Crippen molar-refractivity contribution < 1.29 is 9.59 Å². The fraction of sp³-hybridized carbons (Fsp3) is 0.125. The van der Waals surface area contributed by atoms with Crippen LogP contribution in [0.15, 0.2) is 60.7 Å². The number of ketones is 1. The summed E-state index contributed by atoms with van der Waals surface area (Å²) in [5, 5.41) is 0. The van der Waals surface area contributed by atoms with Gasteiger partial charge in [0, 0.05) is 0 Å². The van der Waals surface area contributed by atoms with E-state index in [1.54, 1.807) is 4.90 Å². The number of β-lactam (4-membered cyclic amide) rings is 1. The molecule has 3 nitrogen and oxygen atoms in total. The number of amides is 1. The van der Waals surface area contributed by atoms with Crippen molar-refractivity contribution in [3.63, 3.8) is 0 Å². The highest BCUT2D eigenvalue weighted by molar-refractivity contribution is 6.43. The van der Waals surface area contributed by atoms with Gasteiger partial charge in [-0.2, -0.15) is 0 Å². The summed E-state index contributed by atoms with van der Waals surface area (Å²) in [5.74, 6) is -0.699. The molecule has 0 radical (unpaired) electrons. The molecule has 94 valence electrons. The maximum atomic E-state index is 11.7. The van der Waals surface area contributed by atoms with Crippen molar-refractivity contribution >= 4 is 11.7 Å². The SMILES string of the molecule is O=C1CN(C(c2ccccc2)c2ccccc2)C1=O. The summed E-state index contributed by atoms with van der Waals surface area (Å²) in [5.41, 5.74) is 2.05. The fourth-order valence-corrected chi connectivity index (χ4v) is 2.39. The van der Waals surface area contributed by atoms with E-state index >= 15 is 0 Å². The van der Waals surface area contributed by atoms with Crippen LogP contribution in [0.25, 0.3) is 0 Å². The standard InChI is InChI=1S/C16H13NO2/c18-14-11-17(16(14)19)15(12-7-3-1-4-8-12)13-9-5-2-6-10-13/h1-10,15H,11H2. The molecule has 3 heteroatoms. The molecule has 19 heavy (non-hydrogen) atoms. The average Bonchev–Trinajstić information content (AvgIpc) is 2.49. The Labute approximate surface area is 111 Å². The monoisotopic (exact) mass is 251 g/mol. The van der Waals surface area contributed by atoms with Crippen LogP contribution in [0.4, 0.5) is 0 Å². The quantitative estimate of drug-likeness (QED) is 0.619. The van der Waals surface area contributed by atoms with Gasteiger partial charge in [-0.05, 0) is 11.1 Å². The summed E-state index contributed by atoms with van der Waals surface area (Å²) in [6.45, 7) is 0.202. The number of benzene rings is 2. The Morgan fingerprint density at radius 2 is 1.26 bits per heavy atom. The van der Waals surface area contributed by atoms with E-state index in [0.717, 1.165) is 11.1 Å². The van der Waals surface area contributed by atoms with E-state index < -0.39 is 5.91 Å². The van der Waals surface area contributed by atoms with Crippen molar-refractivity contribution in [3.8, 4) is 0 Å². The minimum atomic E-state index is -0.391. The van der Waals surface area contributed by atoms with Crippen molar-refractivity contribution in [1.82, 2.24) is 4.90 Å². The molecule has 1 saturated heterocycles. The third kappa shape index (κ3) is 2.03. The van der Waals surface area contributed by atoms with Crippen molar-refractivity contribution in [2.45, 2.75) is 6.04 Å². The maximum absolute atomic E-state index is 11.7. The van der Waals surface area contributed by atoms with Gasteiger partial charge in [0.1, 0.15) is 0 Å². The summed E-state index contributed by atoms with van der Waals surface area (Å²) in [4.78, 5) is 24.6. The predicted octanol–water partition coefficient (Wildman–Crippen LogP) is 2.19. The Balaban J connectivity index is 2.02. The number of likely N-dealkylation sites (tertiary alicyclic amines) is 1. The third-order valence-electron chi connectivity index (χ3n) is 3.36. The molecule has 0 N–H and O–H groups in total. The number of nitrogens with zero attached hydrogens (tertiary/aromatic N) is 1. The van der Waals surface area contributed by atoms with Crippen LogP contribution in [0.1, 0.15) is 17.2 Å². The molecule has 0 aliphatic carbocycles. The van der Waals surface area contributed by atoms with E-state index in [1.807, 2.05) is 60.7 Å². The van der Waals surface area contributed by atoms with E-state index in [4.69, 9.17) is 0 Å². The highest BCUT2D eigenvalue weighted by atomic mass is 16.2. The minimum absolute atomic E-state index is 0.174. The molecule has 3 rings (SSSR count). The number of carbonyl (C=O) groups excluding carboxylic acids is 2. The van der Waals surface area contributed by atoms with Crippen LogP contribution >= 0.6 is 0 Å². The van der Waals surface area contributed by atoms with Crippen LogP contribution in [0.3, 0.4) is 0 Å². The Morgan fingerprint density at radius 1 is 0.789 bits per heavy atom. The highest BCUT2D eigenvalue weighted by Gasteiger charge is 2.40. The molecular weight excluding hydrogens is 238 g/mol. The van der Waals surface area contributed by atoms with Gasteiger partial charge in [0.25, 0.3) is 5.91 Å². The summed E-state index contributed by atoms with van der Waals surface area (Å²) in [6, 6.07) is 19.4. The minimum Gasteiger partial charge on any atom is -0.317 e. The zero-order chi connectivity index (χ0) is 13.2. The van der Waals surface area contributed by atoms with Crippen LogP contribution < -0.4 is 0 Å². The summed E-state index contributed by atoms with van der Waals surface area (Å²) < 4.78 is 0. The molecule has 0 saturated carbocycles. The van der Waals surface area contributed by atoms with Crippen LogP contribution in [0.2, 0.25) is 0 Å². The first-order valence-corrected chi connectivity index (χ1v) is 6.21. The van der Waals surface area contributed by atoms with E-state index in [2.05, 4.69) is 0 Å². The van der Waals surface area contributed by atoms with Gasteiger partial charge in [-0.25, -0.2) is 0 Å². The lowest BCUT2D eigenvalue weighted by molar-refractivity contribution is -0.156. The first kappa shape index (κ1) is 11.7. The Morgan fingerprint density at radius 3 is 1.63 bits per heavy atom. The molecule has 2 aromatic carbocycles. The van der Waals surface area contributed by atoms with E-state index in [-0.39, 0.29) is 18.4 Å². The number of rotatable bonds is 3. The zero-order valence-electron chi connectivity index (χ0n) is 10.3. The molecule has 0 unspecified atom stereocenters. The molecule has 0 spiro atoms. The van der Waals surface area contributed by atoms with Gasteiger partial charge in [-0.15, -0.1) is 0 Å². The number of Topliss-reactive ketones (excluding diaryl/α,β-unsaturated/α-hetero) is 1. The molecule has 1 aliphatic rings. The number of hydrogen-bond donors (Lipinski definition) is 0. The lowest BCUT2D eigenvalue weighted by Gasteiger charge is -2.37. The molecule has 0 bridgehead atoms. The van der Waals surface area contributed by atoms with Gasteiger partial charge in [0.15, 0.2) is 0 Å². The van der Waals surface area contributed by atoms with E-state index in [9.17, 15) is 9.59 Å².